The molecule has 0 aromatic carbocycles. The maximum absolute atomic E-state index is 5.27. The highest BCUT2D eigenvalue weighted by molar-refractivity contribution is 4.90. The minimum Gasteiger partial charge on any atom is -0.120 e. The molecule has 0 fully saturated rings. The van der Waals surface area contributed by atoms with E-state index in [0.29, 0.717) is 5.41 Å². The molecule has 0 nitrogen and oxygen atoms in total. The molecule has 0 amide bonds. The van der Waals surface area contributed by atoms with Crippen LogP contribution in [0.15, 0.2) is 0 Å². The van der Waals surface area contributed by atoms with Gasteiger partial charge in [0.05, 0.1) is 0 Å². The fourth-order valence-electron chi connectivity index (χ4n) is 1.22. The summed E-state index contributed by atoms with van der Waals surface area (Å²) < 4.78 is 0. The van der Waals surface area contributed by atoms with Crippen molar-refractivity contribution in [3.63, 3.8) is 0 Å². The van der Waals surface area contributed by atoms with Crippen molar-refractivity contribution in [3.8, 4) is 12.3 Å². The van der Waals surface area contributed by atoms with Gasteiger partial charge in [-0.25, -0.2) is 0 Å². The van der Waals surface area contributed by atoms with E-state index in [2.05, 4.69) is 26.7 Å². The lowest BCUT2D eigenvalue weighted by Crippen LogP contribution is -2.09. The quantitative estimate of drug-likeness (QED) is 0.429. The Bertz CT molecular complexity index is 125. The summed E-state index contributed by atoms with van der Waals surface area (Å²) in [6.07, 6.45) is 11.4. The van der Waals surface area contributed by atoms with E-state index < -0.39 is 0 Å². The van der Waals surface area contributed by atoms with Gasteiger partial charge in [-0.2, -0.15) is 0 Å². The van der Waals surface area contributed by atoms with Crippen molar-refractivity contribution in [3.05, 3.63) is 0 Å². The van der Waals surface area contributed by atoms with Gasteiger partial charge < -0.3 is 0 Å². The third-order valence-corrected chi connectivity index (χ3v) is 2.04. The number of hydrogen-bond acceptors (Lipinski definition) is 0. The molecule has 0 unspecified atom stereocenters. The lowest BCUT2D eigenvalue weighted by molar-refractivity contribution is 0.330. The molecule has 0 N–H and O–H groups in total. The number of terminal acetylenes is 1. The summed E-state index contributed by atoms with van der Waals surface area (Å²) in [4.78, 5) is 0. The molecule has 0 aliphatic rings. The van der Waals surface area contributed by atoms with Crippen LogP contribution in [0.1, 0.15) is 66.7 Å². The zero-order valence-corrected chi connectivity index (χ0v) is 10.1. The zero-order valence-electron chi connectivity index (χ0n) is 10.1. The molecule has 0 rings (SSSR count). The minimum atomic E-state index is 0.365. The predicted molar refractivity (Wildman–Crippen MR) is 62.7 cm³/mol. The van der Waals surface area contributed by atoms with Crippen LogP contribution in [-0.4, -0.2) is 0 Å². The summed E-state index contributed by atoms with van der Waals surface area (Å²) in [5, 5.41) is 0. The van der Waals surface area contributed by atoms with Crippen LogP contribution in [0, 0.1) is 17.8 Å². The maximum atomic E-state index is 5.27. The van der Waals surface area contributed by atoms with Crippen LogP contribution in [-0.2, 0) is 0 Å². The lowest BCUT2D eigenvalue weighted by Gasteiger charge is -2.21. The summed E-state index contributed by atoms with van der Waals surface area (Å²) in [6, 6.07) is 0. The topological polar surface area (TPSA) is 0 Å². The van der Waals surface area contributed by atoms with Gasteiger partial charge in [0.2, 0.25) is 0 Å². The van der Waals surface area contributed by atoms with Crippen LogP contribution < -0.4 is 0 Å². The van der Waals surface area contributed by atoms with E-state index in [0.717, 1.165) is 6.42 Å². The third-order valence-electron chi connectivity index (χ3n) is 2.04. The van der Waals surface area contributed by atoms with E-state index in [9.17, 15) is 0 Å². The molecular weight excluding hydrogens is 156 g/mol. The Labute approximate surface area is 85.1 Å². The molecule has 13 heavy (non-hydrogen) atoms. The van der Waals surface area contributed by atoms with Crippen LogP contribution in [0.2, 0.25) is 0 Å². The Hall–Kier alpha value is -0.440. The Morgan fingerprint density at radius 3 is 2.08 bits per heavy atom. The fourth-order valence-corrected chi connectivity index (χ4v) is 1.22. The molecule has 0 radical (unpaired) electrons. The van der Waals surface area contributed by atoms with Gasteiger partial charge in [-0.05, 0) is 11.8 Å². The van der Waals surface area contributed by atoms with Gasteiger partial charge in [0.1, 0.15) is 0 Å². The van der Waals surface area contributed by atoms with Crippen LogP contribution in [0.25, 0.3) is 0 Å². The largest absolute Gasteiger partial charge is 0.120 e. The highest BCUT2D eigenvalue weighted by Gasteiger charge is 2.14. The zero-order chi connectivity index (χ0) is 10.7. The van der Waals surface area contributed by atoms with Gasteiger partial charge >= 0.3 is 0 Å². The summed E-state index contributed by atoms with van der Waals surface area (Å²) in [5.41, 5.74) is 0.365. The highest BCUT2D eigenvalue weighted by Crippen LogP contribution is 2.26. The minimum absolute atomic E-state index is 0.365. The van der Waals surface area contributed by atoms with Crippen molar-refractivity contribution in [2.24, 2.45) is 5.41 Å². The Morgan fingerprint density at radius 2 is 1.69 bits per heavy atom. The molecule has 78 valence electrons. The second-order valence-corrected chi connectivity index (χ2v) is 4.00. The van der Waals surface area contributed by atoms with Crippen LogP contribution in [0.5, 0.6) is 0 Å². The van der Waals surface area contributed by atoms with Gasteiger partial charge in [-0.1, -0.05) is 53.9 Å². The standard InChI is InChI=1S/C11H20.C2H6/c1-5-7-8-10-11(3,4)9-6-2;1-2/h2H,5,7-10H2,1,3-4H3;1-2H3. The van der Waals surface area contributed by atoms with E-state index in [1.807, 2.05) is 13.8 Å². The first kappa shape index (κ1) is 15.1. The Balaban J connectivity index is 0. The van der Waals surface area contributed by atoms with Gasteiger partial charge in [0.25, 0.3) is 0 Å². The number of hydrogen-bond donors (Lipinski definition) is 0. The molecule has 0 bridgehead atoms. The summed E-state index contributed by atoms with van der Waals surface area (Å²) >= 11 is 0. The second kappa shape index (κ2) is 9.65. The number of unbranched alkanes of at least 4 members (excludes halogenated alkanes) is 2. The van der Waals surface area contributed by atoms with Crippen LogP contribution in [0.4, 0.5) is 0 Å². The smallest absolute Gasteiger partial charge is 0.0137 e. The molecule has 0 atom stereocenters. The van der Waals surface area contributed by atoms with Crippen LogP contribution >= 0.6 is 0 Å². The molecular formula is C13H26. The Kier molecular flexibility index (Phi) is 11.2. The van der Waals surface area contributed by atoms with Crippen molar-refractivity contribution in [2.45, 2.75) is 66.7 Å². The average Bonchev–Trinajstić information content (AvgIpc) is 2.08. The monoisotopic (exact) mass is 182 g/mol. The van der Waals surface area contributed by atoms with Gasteiger partial charge in [-0.15, -0.1) is 12.3 Å². The number of rotatable bonds is 5. The molecule has 0 aromatic rings. The van der Waals surface area contributed by atoms with E-state index in [4.69, 9.17) is 6.42 Å². The summed E-state index contributed by atoms with van der Waals surface area (Å²) in [5.74, 6) is 2.73. The molecule has 0 heteroatoms. The van der Waals surface area contributed by atoms with Gasteiger partial charge in [-0.3, -0.25) is 0 Å². The maximum Gasteiger partial charge on any atom is 0.0137 e. The highest BCUT2D eigenvalue weighted by atomic mass is 14.2. The predicted octanol–water partition coefficient (Wildman–Crippen LogP) is 4.64. The van der Waals surface area contributed by atoms with Crippen molar-refractivity contribution >= 4 is 0 Å². The Morgan fingerprint density at radius 1 is 1.15 bits per heavy atom. The average molecular weight is 182 g/mol. The van der Waals surface area contributed by atoms with Gasteiger partial charge in [0.15, 0.2) is 0 Å². The molecule has 0 heterocycles. The van der Waals surface area contributed by atoms with Crippen LogP contribution in [0.3, 0.4) is 0 Å². The first-order valence-electron chi connectivity index (χ1n) is 5.56. The van der Waals surface area contributed by atoms with Crippen molar-refractivity contribution in [2.75, 3.05) is 0 Å². The first-order chi connectivity index (χ1) is 6.12. The third kappa shape index (κ3) is 11.6. The van der Waals surface area contributed by atoms with E-state index >= 15 is 0 Å². The van der Waals surface area contributed by atoms with E-state index in [1.54, 1.807) is 0 Å². The lowest BCUT2D eigenvalue weighted by atomic mass is 9.84. The van der Waals surface area contributed by atoms with Crippen molar-refractivity contribution < 1.29 is 0 Å². The van der Waals surface area contributed by atoms with E-state index in [1.165, 1.54) is 25.7 Å². The second-order valence-electron chi connectivity index (χ2n) is 4.00. The van der Waals surface area contributed by atoms with Crippen molar-refractivity contribution in [1.29, 1.82) is 0 Å². The van der Waals surface area contributed by atoms with E-state index in [-0.39, 0.29) is 0 Å². The molecule has 0 saturated carbocycles. The fraction of sp³-hybridized carbons (Fsp3) is 0.846. The van der Waals surface area contributed by atoms with Gasteiger partial charge in [0, 0.05) is 6.42 Å². The summed E-state index contributed by atoms with van der Waals surface area (Å²) in [7, 11) is 0. The first-order valence-corrected chi connectivity index (χ1v) is 5.56. The molecule has 0 aromatic heterocycles. The molecule has 0 spiro atoms. The molecule has 0 aliphatic carbocycles. The molecule has 0 saturated heterocycles. The van der Waals surface area contributed by atoms with Crippen molar-refractivity contribution in [1.82, 2.24) is 0 Å². The molecule has 0 aliphatic heterocycles. The summed E-state index contributed by atoms with van der Waals surface area (Å²) in [6.45, 7) is 10.7. The normalized spacial score (nSPS) is 9.85. The SMILES string of the molecule is C#CCC(C)(C)CCCCC.CC.